The number of hydrogen-bond acceptors (Lipinski definition) is 2. The molecule has 0 bridgehead atoms. The van der Waals surface area contributed by atoms with Gasteiger partial charge in [0.1, 0.15) is 0 Å². The van der Waals surface area contributed by atoms with Gasteiger partial charge >= 0.3 is 0 Å². The summed E-state index contributed by atoms with van der Waals surface area (Å²) in [6.07, 6.45) is 6.00. The van der Waals surface area contributed by atoms with Crippen molar-refractivity contribution in [3.8, 4) is 0 Å². The van der Waals surface area contributed by atoms with Crippen LogP contribution in [-0.2, 0) is 0 Å². The molecule has 1 aliphatic heterocycles. The van der Waals surface area contributed by atoms with Crippen LogP contribution in [0.2, 0.25) is 0 Å². The Labute approximate surface area is 101 Å². The fourth-order valence-corrected chi connectivity index (χ4v) is 3.51. The van der Waals surface area contributed by atoms with E-state index < -0.39 is 0 Å². The summed E-state index contributed by atoms with van der Waals surface area (Å²) < 4.78 is 0. The highest BCUT2D eigenvalue weighted by atomic mass is 15.2. The van der Waals surface area contributed by atoms with Crippen LogP contribution in [0.5, 0.6) is 0 Å². The first kappa shape index (κ1) is 12.4. The second-order valence-corrected chi connectivity index (χ2v) is 5.59. The standard InChI is InChI=1S/C14H28N2/c1-3-15(4-2)9-10-16-11-13-7-5-6-8-14(13)12-16/h13-14H,3-12H2,1-2H3/t13-,14+. The minimum atomic E-state index is 1.05. The summed E-state index contributed by atoms with van der Waals surface area (Å²) >= 11 is 0. The van der Waals surface area contributed by atoms with Crippen molar-refractivity contribution in [3.63, 3.8) is 0 Å². The van der Waals surface area contributed by atoms with Gasteiger partial charge in [0.25, 0.3) is 0 Å². The quantitative estimate of drug-likeness (QED) is 0.708. The zero-order valence-corrected chi connectivity index (χ0v) is 11.1. The van der Waals surface area contributed by atoms with Crippen LogP contribution < -0.4 is 0 Å². The maximum Gasteiger partial charge on any atom is 0.0110 e. The Morgan fingerprint density at radius 1 is 1.00 bits per heavy atom. The van der Waals surface area contributed by atoms with Gasteiger partial charge in [0, 0.05) is 26.2 Å². The van der Waals surface area contributed by atoms with Crippen molar-refractivity contribution in [2.24, 2.45) is 11.8 Å². The molecule has 0 unspecified atom stereocenters. The summed E-state index contributed by atoms with van der Waals surface area (Å²) in [4.78, 5) is 5.26. The third-order valence-corrected chi connectivity index (χ3v) is 4.68. The second-order valence-electron chi connectivity index (χ2n) is 5.59. The van der Waals surface area contributed by atoms with Gasteiger partial charge in [0.2, 0.25) is 0 Å². The van der Waals surface area contributed by atoms with Crippen LogP contribution in [0.15, 0.2) is 0 Å². The second kappa shape index (κ2) is 6.02. The molecule has 0 spiro atoms. The number of likely N-dealkylation sites (tertiary alicyclic amines) is 1. The van der Waals surface area contributed by atoms with Gasteiger partial charge in [0.05, 0.1) is 0 Å². The van der Waals surface area contributed by atoms with Crippen molar-refractivity contribution in [1.82, 2.24) is 9.80 Å². The minimum absolute atomic E-state index is 1.05. The van der Waals surface area contributed by atoms with E-state index >= 15 is 0 Å². The van der Waals surface area contributed by atoms with Crippen molar-refractivity contribution in [2.45, 2.75) is 39.5 Å². The SMILES string of the molecule is CCN(CC)CCN1C[C@H]2CCCC[C@H]2C1. The van der Waals surface area contributed by atoms with E-state index in [1.165, 1.54) is 65.0 Å². The number of likely N-dealkylation sites (N-methyl/N-ethyl adjacent to an activating group) is 1. The van der Waals surface area contributed by atoms with E-state index in [-0.39, 0.29) is 0 Å². The summed E-state index contributed by atoms with van der Waals surface area (Å²) in [7, 11) is 0. The fraction of sp³-hybridized carbons (Fsp3) is 1.00. The van der Waals surface area contributed by atoms with E-state index in [4.69, 9.17) is 0 Å². The van der Waals surface area contributed by atoms with Crippen LogP contribution in [0.1, 0.15) is 39.5 Å². The molecule has 2 fully saturated rings. The van der Waals surface area contributed by atoms with Gasteiger partial charge in [-0.2, -0.15) is 0 Å². The number of rotatable bonds is 5. The fourth-order valence-electron chi connectivity index (χ4n) is 3.51. The molecular formula is C14H28N2. The van der Waals surface area contributed by atoms with E-state index in [0.717, 1.165) is 11.8 Å². The van der Waals surface area contributed by atoms with Gasteiger partial charge in [-0.15, -0.1) is 0 Å². The third kappa shape index (κ3) is 2.98. The molecular weight excluding hydrogens is 196 g/mol. The highest BCUT2D eigenvalue weighted by molar-refractivity contribution is 4.86. The van der Waals surface area contributed by atoms with Crippen LogP contribution in [0, 0.1) is 11.8 Å². The maximum atomic E-state index is 2.72. The van der Waals surface area contributed by atoms with Gasteiger partial charge in [0.15, 0.2) is 0 Å². The van der Waals surface area contributed by atoms with E-state index in [9.17, 15) is 0 Å². The number of nitrogens with zero attached hydrogens (tertiary/aromatic N) is 2. The Bertz CT molecular complexity index is 187. The van der Waals surface area contributed by atoms with Gasteiger partial charge in [-0.25, -0.2) is 0 Å². The van der Waals surface area contributed by atoms with Crippen LogP contribution >= 0.6 is 0 Å². The Morgan fingerprint density at radius 3 is 2.06 bits per heavy atom. The largest absolute Gasteiger partial charge is 0.303 e. The van der Waals surface area contributed by atoms with Crippen molar-refractivity contribution in [3.05, 3.63) is 0 Å². The molecule has 2 nitrogen and oxygen atoms in total. The highest BCUT2D eigenvalue weighted by Gasteiger charge is 2.33. The smallest absolute Gasteiger partial charge is 0.0110 e. The maximum absolute atomic E-state index is 2.72. The van der Waals surface area contributed by atoms with Crippen molar-refractivity contribution < 1.29 is 0 Å². The highest BCUT2D eigenvalue weighted by Crippen LogP contribution is 2.35. The molecule has 2 heteroatoms. The molecule has 16 heavy (non-hydrogen) atoms. The van der Waals surface area contributed by atoms with Crippen molar-refractivity contribution in [2.75, 3.05) is 39.3 Å². The van der Waals surface area contributed by atoms with E-state index in [1.807, 2.05) is 0 Å². The minimum Gasteiger partial charge on any atom is -0.303 e. The number of fused-ring (bicyclic) bond motifs is 1. The Kier molecular flexibility index (Phi) is 4.66. The third-order valence-electron chi connectivity index (χ3n) is 4.68. The van der Waals surface area contributed by atoms with Gasteiger partial charge < -0.3 is 9.80 Å². The Balaban J connectivity index is 1.71. The summed E-state index contributed by atoms with van der Waals surface area (Å²) in [6.45, 7) is 12.3. The van der Waals surface area contributed by atoms with Crippen LogP contribution in [-0.4, -0.2) is 49.1 Å². The van der Waals surface area contributed by atoms with Gasteiger partial charge in [-0.05, 0) is 37.8 Å². The lowest BCUT2D eigenvalue weighted by molar-refractivity contribution is 0.235. The predicted octanol–water partition coefficient (Wildman–Crippen LogP) is 2.45. The van der Waals surface area contributed by atoms with E-state index in [2.05, 4.69) is 23.6 Å². The van der Waals surface area contributed by atoms with Crippen molar-refractivity contribution >= 4 is 0 Å². The van der Waals surface area contributed by atoms with Crippen LogP contribution in [0.4, 0.5) is 0 Å². The molecule has 0 radical (unpaired) electrons. The molecule has 0 aromatic rings. The first-order valence-corrected chi connectivity index (χ1v) is 7.28. The lowest BCUT2D eigenvalue weighted by Gasteiger charge is -2.23. The van der Waals surface area contributed by atoms with Crippen molar-refractivity contribution in [1.29, 1.82) is 0 Å². The molecule has 0 amide bonds. The van der Waals surface area contributed by atoms with Crippen LogP contribution in [0.3, 0.4) is 0 Å². The molecule has 2 rings (SSSR count). The van der Waals surface area contributed by atoms with Gasteiger partial charge in [-0.3, -0.25) is 0 Å². The molecule has 1 heterocycles. The molecule has 94 valence electrons. The summed E-state index contributed by atoms with van der Waals surface area (Å²) in [5, 5.41) is 0. The normalized spacial score (nSPS) is 30.9. The molecule has 1 saturated carbocycles. The zero-order valence-electron chi connectivity index (χ0n) is 11.1. The first-order valence-electron chi connectivity index (χ1n) is 7.28. The molecule has 1 aliphatic carbocycles. The molecule has 2 atom stereocenters. The average molecular weight is 224 g/mol. The average Bonchev–Trinajstić information content (AvgIpc) is 2.73. The van der Waals surface area contributed by atoms with E-state index in [0.29, 0.717) is 0 Å². The molecule has 0 N–H and O–H groups in total. The topological polar surface area (TPSA) is 6.48 Å². The summed E-state index contributed by atoms with van der Waals surface area (Å²) in [5.74, 6) is 2.09. The van der Waals surface area contributed by atoms with E-state index in [1.54, 1.807) is 0 Å². The monoisotopic (exact) mass is 224 g/mol. The molecule has 0 aromatic carbocycles. The summed E-state index contributed by atoms with van der Waals surface area (Å²) in [5.41, 5.74) is 0. The number of hydrogen-bond donors (Lipinski definition) is 0. The van der Waals surface area contributed by atoms with Crippen LogP contribution in [0.25, 0.3) is 0 Å². The lowest BCUT2D eigenvalue weighted by Crippen LogP contribution is -2.34. The molecule has 1 saturated heterocycles. The van der Waals surface area contributed by atoms with Gasteiger partial charge in [-0.1, -0.05) is 26.7 Å². The lowest BCUT2D eigenvalue weighted by atomic mass is 9.82. The Hall–Kier alpha value is -0.0800. The summed E-state index contributed by atoms with van der Waals surface area (Å²) in [6, 6.07) is 0. The molecule has 2 aliphatic rings. The first-order chi connectivity index (χ1) is 7.83. The molecule has 0 aromatic heterocycles. The predicted molar refractivity (Wildman–Crippen MR) is 69.7 cm³/mol. The Morgan fingerprint density at radius 2 is 1.56 bits per heavy atom. The zero-order chi connectivity index (χ0) is 11.4.